The van der Waals surface area contributed by atoms with E-state index in [-0.39, 0.29) is 13.2 Å². The number of aliphatic hydroxyl groups is 2. The lowest BCUT2D eigenvalue weighted by atomic mass is 10.0. The standard InChI is InChI=1S/C29H45N3O2/c1-3-4-5-6-7-8-9-10-11-12-13-26-14-16-27(17-15-26)30-31-29-19-18-28(24-25(29)2)32(20-22-33)21-23-34/h14-19,24,33-34H,3-13,20-23H2,1-2H3. The van der Waals surface area contributed by atoms with E-state index in [9.17, 15) is 10.2 Å². The van der Waals surface area contributed by atoms with Gasteiger partial charge in [-0.2, -0.15) is 10.2 Å². The average Bonchev–Trinajstić information content (AvgIpc) is 2.85. The minimum Gasteiger partial charge on any atom is -0.395 e. The van der Waals surface area contributed by atoms with Crippen molar-refractivity contribution in [3.63, 3.8) is 0 Å². The van der Waals surface area contributed by atoms with Crippen LogP contribution in [0.5, 0.6) is 0 Å². The molecule has 0 saturated heterocycles. The molecule has 0 amide bonds. The van der Waals surface area contributed by atoms with Gasteiger partial charge in [0.1, 0.15) is 0 Å². The van der Waals surface area contributed by atoms with Crippen LogP contribution in [0.15, 0.2) is 52.7 Å². The van der Waals surface area contributed by atoms with E-state index < -0.39 is 0 Å². The minimum atomic E-state index is 0.0513. The highest BCUT2D eigenvalue weighted by molar-refractivity contribution is 5.57. The summed E-state index contributed by atoms with van der Waals surface area (Å²) in [6.07, 6.45) is 14.8. The molecule has 2 aromatic rings. The van der Waals surface area contributed by atoms with E-state index in [2.05, 4.69) is 29.3 Å². The second kappa shape index (κ2) is 17.2. The average molecular weight is 468 g/mol. The molecule has 0 unspecified atom stereocenters. The summed E-state index contributed by atoms with van der Waals surface area (Å²) in [5, 5.41) is 27.3. The molecule has 0 aliphatic rings. The van der Waals surface area contributed by atoms with Crippen molar-refractivity contribution in [3.05, 3.63) is 53.6 Å². The van der Waals surface area contributed by atoms with Crippen molar-refractivity contribution in [1.82, 2.24) is 0 Å². The van der Waals surface area contributed by atoms with Gasteiger partial charge in [0.05, 0.1) is 24.6 Å². The van der Waals surface area contributed by atoms with Crippen LogP contribution in [-0.4, -0.2) is 36.5 Å². The zero-order chi connectivity index (χ0) is 24.4. The molecule has 0 aromatic heterocycles. The Kier molecular flexibility index (Phi) is 14.2. The molecule has 0 aliphatic carbocycles. The van der Waals surface area contributed by atoms with E-state index in [4.69, 9.17) is 0 Å². The SMILES string of the molecule is CCCCCCCCCCCCc1ccc(N=Nc2ccc(N(CCO)CCO)cc2C)cc1. The third kappa shape index (κ3) is 10.8. The van der Waals surface area contributed by atoms with Gasteiger partial charge < -0.3 is 15.1 Å². The normalized spacial score (nSPS) is 11.4. The lowest BCUT2D eigenvalue weighted by Crippen LogP contribution is -2.29. The highest BCUT2D eigenvalue weighted by Crippen LogP contribution is 2.27. The number of hydrogen-bond donors (Lipinski definition) is 2. The molecule has 0 aliphatic heterocycles. The number of hydrogen-bond acceptors (Lipinski definition) is 5. The lowest BCUT2D eigenvalue weighted by Gasteiger charge is -2.23. The van der Waals surface area contributed by atoms with Gasteiger partial charge in [-0.15, -0.1) is 0 Å². The summed E-state index contributed by atoms with van der Waals surface area (Å²) in [6, 6.07) is 14.3. The van der Waals surface area contributed by atoms with E-state index in [1.165, 1.54) is 69.8 Å². The maximum Gasteiger partial charge on any atom is 0.0887 e. The van der Waals surface area contributed by atoms with Crippen LogP contribution in [-0.2, 0) is 6.42 Å². The number of azo groups is 1. The Hall–Kier alpha value is -2.24. The third-order valence-electron chi connectivity index (χ3n) is 6.31. The second-order valence-corrected chi connectivity index (χ2v) is 9.20. The van der Waals surface area contributed by atoms with E-state index in [0.717, 1.165) is 29.0 Å². The molecule has 0 radical (unpaired) electrons. The molecule has 2 aromatic carbocycles. The maximum absolute atomic E-state index is 9.24. The first-order valence-corrected chi connectivity index (χ1v) is 13.3. The van der Waals surface area contributed by atoms with Crippen molar-refractivity contribution in [2.24, 2.45) is 10.2 Å². The summed E-state index contributed by atoms with van der Waals surface area (Å²) >= 11 is 0. The molecular weight excluding hydrogens is 422 g/mol. The summed E-state index contributed by atoms with van der Waals surface area (Å²) < 4.78 is 0. The molecule has 188 valence electrons. The Bertz CT molecular complexity index is 815. The minimum absolute atomic E-state index is 0.0513. The fourth-order valence-electron chi connectivity index (χ4n) is 4.22. The molecule has 0 spiro atoms. The molecule has 5 heteroatoms. The quantitative estimate of drug-likeness (QED) is 0.175. The largest absolute Gasteiger partial charge is 0.395 e. The Labute approximate surface area is 206 Å². The van der Waals surface area contributed by atoms with E-state index in [1.54, 1.807) is 0 Å². The smallest absolute Gasteiger partial charge is 0.0887 e. The van der Waals surface area contributed by atoms with Crippen LogP contribution in [0.1, 0.15) is 82.3 Å². The summed E-state index contributed by atoms with van der Waals surface area (Å²) in [5.74, 6) is 0. The first kappa shape index (κ1) is 28.0. The molecule has 34 heavy (non-hydrogen) atoms. The van der Waals surface area contributed by atoms with E-state index in [1.807, 2.05) is 42.2 Å². The number of nitrogens with zero attached hydrogens (tertiary/aromatic N) is 3. The first-order valence-electron chi connectivity index (χ1n) is 13.3. The summed E-state index contributed by atoms with van der Waals surface area (Å²) in [5.41, 5.74) is 5.03. The van der Waals surface area contributed by atoms with Crippen molar-refractivity contribution >= 4 is 17.1 Å². The van der Waals surface area contributed by atoms with Crippen molar-refractivity contribution in [3.8, 4) is 0 Å². The van der Waals surface area contributed by atoms with Gasteiger partial charge in [0.2, 0.25) is 0 Å². The van der Waals surface area contributed by atoms with Crippen LogP contribution in [0.25, 0.3) is 0 Å². The monoisotopic (exact) mass is 467 g/mol. The Morgan fingerprint density at radius 2 is 1.29 bits per heavy atom. The van der Waals surface area contributed by atoms with Gasteiger partial charge in [-0.3, -0.25) is 0 Å². The molecule has 0 heterocycles. The molecule has 2 N–H and O–H groups in total. The highest BCUT2D eigenvalue weighted by atomic mass is 16.3. The van der Waals surface area contributed by atoms with Crippen molar-refractivity contribution in [1.29, 1.82) is 0 Å². The Morgan fingerprint density at radius 3 is 1.85 bits per heavy atom. The number of benzene rings is 2. The van der Waals surface area contributed by atoms with Gasteiger partial charge in [0.15, 0.2) is 0 Å². The predicted molar refractivity (Wildman–Crippen MR) is 144 cm³/mol. The third-order valence-corrected chi connectivity index (χ3v) is 6.31. The van der Waals surface area contributed by atoms with E-state index >= 15 is 0 Å². The topological polar surface area (TPSA) is 68.4 Å². The number of unbranched alkanes of at least 4 members (excludes halogenated alkanes) is 9. The number of rotatable bonds is 18. The van der Waals surface area contributed by atoms with Crippen molar-refractivity contribution in [2.45, 2.75) is 84.5 Å². The molecular formula is C29H45N3O2. The van der Waals surface area contributed by atoms with Gasteiger partial charge in [0, 0.05) is 18.8 Å². The zero-order valence-corrected chi connectivity index (χ0v) is 21.4. The molecule has 0 atom stereocenters. The van der Waals surface area contributed by atoms with Gasteiger partial charge in [-0.1, -0.05) is 76.8 Å². The Balaban J connectivity index is 1.74. The van der Waals surface area contributed by atoms with Gasteiger partial charge in [-0.25, -0.2) is 0 Å². The fourth-order valence-corrected chi connectivity index (χ4v) is 4.22. The van der Waals surface area contributed by atoms with Gasteiger partial charge in [-0.05, 0) is 61.2 Å². The van der Waals surface area contributed by atoms with Crippen LogP contribution < -0.4 is 4.90 Å². The van der Waals surface area contributed by atoms with Crippen LogP contribution in [0.3, 0.4) is 0 Å². The summed E-state index contributed by atoms with van der Waals surface area (Å²) in [6.45, 7) is 5.36. The van der Waals surface area contributed by atoms with Crippen LogP contribution in [0, 0.1) is 6.92 Å². The van der Waals surface area contributed by atoms with Crippen molar-refractivity contribution in [2.75, 3.05) is 31.2 Å². The zero-order valence-electron chi connectivity index (χ0n) is 21.4. The number of aliphatic hydroxyl groups excluding tert-OH is 2. The number of anilines is 1. The molecule has 0 fully saturated rings. The van der Waals surface area contributed by atoms with Crippen LogP contribution in [0.2, 0.25) is 0 Å². The first-order chi connectivity index (χ1) is 16.7. The van der Waals surface area contributed by atoms with Gasteiger partial charge >= 0.3 is 0 Å². The van der Waals surface area contributed by atoms with Crippen molar-refractivity contribution < 1.29 is 10.2 Å². The molecule has 0 saturated carbocycles. The molecule has 0 bridgehead atoms. The highest BCUT2D eigenvalue weighted by Gasteiger charge is 2.07. The maximum atomic E-state index is 9.24. The fraction of sp³-hybridized carbons (Fsp3) is 0.586. The number of aryl methyl sites for hydroxylation is 2. The van der Waals surface area contributed by atoms with Gasteiger partial charge in [0.25, 0.3) is 0 Å². The second-order valence-electron chi connectivity index (χ2n) is 9.20. The predicted octanol–water partition coefficient (Wildman–Crippen LogP) is 7.66. The van der Waals surface area contributed by atoms with Crippen LogP contribution in [0.4, 0.5) is 17.1 Å². The van der Waals surface area contributed by atoms with E-state index in [0.29, 0.717) is 13.1 Å². The molecule has 2 rings (SSSR count). The summed E-state index contributed by atoms with van der Waals surface area (Å²) in [4.78, 5) is 1.96. The lowest BCUT2D eigenvalue weighted by molar-refractivity contribution is 0.281. The van der Waals surface area contributed by atoms with Crippen LogP contribution >= 0.6 is 0 Å². The Morgan fingerprint density at radius 1 is 0.706 bits per heavy atom. The summed E-state index contributed by atoms with van der Waals surface area (Å²) in [7, 11) is 0. The molecule has 5 nitrogen and oxygen atoms in total.